The van der Waals surface area contributed by atoms with Gasteiger partial charge in [-0.05, 0) is 42.8 Å². The molecule has 0 amide bonds. The zero-order chi connectivity index (χ0) is 20.6. The molecule has 0 spiro atoms. The average molecular weight is 474 g/mol. The molecule has 1 aliphatic heterocycles. The van der Waals surface area contributed by atoms with E-state index in [9.17, 15) is 8.42 Å². The molecule has 0 aromatic heterocycles. The summed E-state index contributed by atoms with van der Waals surface area (Å²) in [6.07, 6.45) is 0. The molecule has 152 valence electrons. The van der Waals surface area contributed by atoms with Gasteiger partial charge in [0.05, 0.1) is 10.6 Å². The van der Waals surface area contributed by atoms with Crippen molar-refractivity contribution in [2.45, 2.75) is 11.8 Å². The van der Waals surface area contributed by atoms with Gasteiger partial charge in [-0.2, -0.15) is 0 Å². The lowest BCUT2D eigenvalue weighted by molar-refractivity contribution is 0.589. The molecule has 29 heavy (non-hydrogen) atoms. The molecule has 1 fully saturated rings. The van der Waals surface area contributed by atoms with Crippen molar-refractivity contribution in [2.24, 2.45) is 0 Å². The van der Waals surface area contributed by atoms with Gasteiger partial charge in [0, 0.05) is 54.2 Å². The Hall–Kier alpha value is -2.09. The number of nitrogens with one attached hydrogen (secondary N) is 1. The maximum Gasteiger partial charge on any atom is 0.264 e. The summed E-state index contributed by atoms with van der Waals surface area (Å²) >= 11 is 3.44. The van der Waals surface area contributed by atoms with Crippen molar-refractivity contribution < 1.29 is 8.42 Å². The zero-order valence-corrected chi connectivity index (χ0v) is 18.9. The van der Waals surface area contributed by atoms with E-state index in [2.05, 4.69) is 26.1 Å². The number of benzene rings is 3. The van der Waals surface area contributed by atoms with E-state index in [1.54, 1.807) is 13.1 Å². The molecular weight excluding hydrogens is 450 g/mol. The fourth-order valence-electron chi connectivity index (χ4n) is 3.91. The summed E-state index contributed by atoms with van der Waals surface area (Å²) in [6.45, 7) is 5.60. The van der Waals surface area contributed by atoms with Crippen molar-refractivity contribution >= 4 is 48.1 Å². The Kier molecular flexibility index (Phi) is 5.55. The monoisotopic (exact) mass is 473 g/mol. The molecule has 1 aliphatic rings. The highest BCUT2D eigenvalue weighted by Crippen LogP contribution is 2.35. The van der Waals surface area contributed by atoms with E-state index in [1.165, 1.54) is 4.31 Å². The average Bonchev–Trinajstić information content (AvgIpc) is 2.73. The maximum atomic E-state index is 13.6. The lowest BCUT2D eigenvalue weighted by Gasteiger charge is -2.31. The summed E-state index contributed by atoms with van der Waals surface area (Å²) in [5, 5.41) is 5.09. The van der Waals surface area contributed by atoms with Gasteiger partial charge in [-0.25, -0.2) is 8.42 Å². The second-order valence-electron chi connectivity index (χ2n) is 7.27. The summed E-state index contributed by atoms with van der Waals surface area (Å²) in [5.74, 6) is 0. The fourth-order valence-corrected chi connectivity index (χ4v) is 5.84. The van der Waals surface area contributed by atoms with E-state index in [4.69, 9.17) is 0 Å². The largest absolute Gasteiger partial charge is 0.368 e. The Balaban J connectivity index is 1.83. The van der Waals surface area contributed by atoms with Gasteiger partial charge in [0.25, 0.3) is 10.0 Å². The number of hydrogen-bond donors (Lipinski definition) is 1. The van der Waals surface area contributed by atoms with E-state index >= 15 is 0 Å². The molecule has 7 heteroatoms. The Morgan fingerprint density at radius 2 is 1.69 bits per heavy atom. The van der Waals surface area contributed by atoms with E-state index in [0.29, 0.717) is 10.6 Å². The number of halogens is 1. The SMILES string of the molecule is Cc1cc(Br)ccc1N(C)S(=O)(=O)c1ccc(N2CCNCC2)c2ccccc12. The molecule has 0 radical (unpaired) electrons. The third kappa shape index (κ3) is 3.74. The van der Waals surface area contributed by atoms with Crippen LogP contribution < -0.4 is 14.5 Å². The molecule has 1 saturated heterocycles. The normalized spacial score (nSPS) is 14.9. The molecule has 0 aliphatic carbocycles. The van der Waals surface area contributed by atoms with Crippen molar-refractivity contribution in [2.75, 3.05) is 42.4 Å². The summed E-state index contributed by atoms with van der Waals surface area (Å²) in [6, 6.07) is 17.1. The number of piperazine rings is 1. The molecule has 0 bridgehead atoms. The Morgan fingerprint density at radius 3 is 2.38 bits per heavy atom. The highest BCUT2D eigenvalue weighted by atomic mass is 79.9. The van der Waals surface area contributed by atoms with E-state index in [0.717, 1.165) is 52.7 Å². The molecule has 3 aromatic carbocycles. The Morgan fingerprint density at radius 1 is 1.00 bits per heavy atom. The molecule has 4 rings (SSSR count). The quantitative estimate of drug-likeness (QED) is 0.618. The summed E-state index contributed by atoms with van der Waals surface area (Å²) in [4.78, 5) is 2.65. The van der Waals surface area contributed by atoms with Gasteiger partial charge in [0.1, 0.15) is 0 Å². The van der Waals surface area contributed by atoms with E-state index in [-0.39, 0.29) is 0 Å². The van der Waals surface area contributed by atoms with Crippen molar-refractivity contribution in [1.82, 2.24) is 5.32 Å². The number of nitrogens with zero attached hydrogens (tertiary/aromatic N) is 2. The lowest BCUT2D eigenvalue weighted by Crippen LogP contribution is -2.43. The first-order valence-electron chi connectivity index (χ1n) is 9.62. The van der Waals surface area contributed by atoms with Gasteiger partial charge in [0.2, 0.25) is 0 Å². The molecule has 1 N–H and O–H groups in total. The van der Waals surface area contributed by atoms with Gasteiger partial charge < -0.3 is 10.2 Å². The van der Waals surface area contributed by atoms with Gasteiger partial charge in [-0.15, -0.1) is 0 Å². The van der Waals surface area contributed by atoms with Crippen LogP contribution in [0.15, 0.2) is 64.0 Å². The number of hydrogen-bond acceptors (Lipinski definition) is 4. The molecule has 0 saturated carbocycles. The zero-order valence-electron chi connectivity index (χ0n) is 16.5. The van der Waals surface area contributed by atoms with E-state index < -0.39 is 10.0 Å². The third-order valence-corrected chi connectivity index (χ3v) is 7.78. The number of rotatable bonds is 4. The topological polar surface area (TPSA) is 52.7 Å². The molecule has 0 unspecified atom stereocenters. The van der Waals surface area contributed by atoms with Crippen LogP contribution in [0.2, 0.25) is 0 Å². The second kappa shape index (κ2) is 7.97. The van der Waals surface area contributed by atoms with Crippen molar-refractivity contribution in [3.05, 3.63) is 64.6 Å². The first-order valence-corrected chi connectivity index (χ1v) is 11.9. The van der Waals surface area contributed by atoms with Crippen LogP contribution >= 0.6 is 15.9 Å². The van der Waals surface area contributed by atoms with Gasteiger partial charge in [-0.1, -0.05) is 40.2 Å². The second-order valence-corrected chi connectivity index (χ2v) is 10.1. The fraction of sp³-hybridized carbons (Fsp3) is 0.273. The maximum absolute atomic E-state index is 13.6. The van der Waals surface area contributed by atoms with Crippen LogP contribution in [-0.4, -0.2) is 41.6 Å². The Labute approximate surface area is 180 Å². The lowest BCUT2D eigenvalue weighted by atomic mass is 10.1. The number of sulfonamides is 1. The molecule has 5 nitrogen and oxygen atoms in total. The number of anilines is 2. The van der Waals surface area contributed by atoms with Crippen LogP contribution in [0.3, 0.4) is 0 Å². The highest BCUT2D eigenvalue weighted by molar-refractivity contribution is 9.10. The Bertz CT molecular complexity index is 1160. The summed E-state index contributed by atoms with van der Waals surface area (Å²) in [7, 11) is -2.10. The molecular formula is C22H24BrN3O2S. The minimum Gasteiger partial charge on any atom is -0.368 e. The van der Waals surface area contributed by atoms with Crippen LogP contribution in [0, 0.1) is 6.92 Å². The predicted molar refractivity (Wildman–Crippen MR) is 123 cm³/mol. The highest BCUT2D eigenvalue weighted by Gasteiger charge is 2.26. The molecule has 0 atom stereocenters. The smallest absolute Gasteiger partial charge is 0.264 e. The number of aryl methyl sites for hydroxylation is 1. The standard InChI is InChI=1S/C22H24BrN3O2S/c1-16-15-17(23)7-8-20(16)25(2)29(27,28)22-10-9-21(26-13-11-24-12-14-26)18-5-3-4-6-19(18)22/h3-10,15,24H,11-14H2,1-2H3. The van der Waals surface area contributed by atoms with Crippen LogP contribution in [-0.2, 0) is 10.0 Å². The van der Waals surface area contributed by atoms with Crippen molar-refractivity contribution in [3.63, 3.8) is 0 Å². The first kappa shape index (κ1) is 20.2. The minimum absolute atomic E-state index is 0.330. The first-order chi connectivity index (χ1) is 13.9. The van der Waals surface area contributed by atoms with Crippen LogP contribution in [0.1, 0.15) is 5.56 Å². The van der Waals surface area contributed by atoms with E-state index in [1.807, 2.05) is 55.5 Å². The van der Waals surface area contributed by atoms with Crippen molar-refractivity contribution in [1.29, 1.82) is 0 Å². The van der Waals surface area contributed by atoms with Gasteiger partial charge in [0.15, 0.2) is 0 Å². The van der Waals surface area contributed by atoms with Crippen LogP contribution in [0.5, 0.6) is 0 Å². The third-order valence-electron chi connectivity index (χ3n) is 5.46. The van der Waals surface area contributed by atoms with Crippen LogP contribution in [0.25, 0.3) is 10.8 Å². The van der Waals surface area contributed by atoms with Crippen LogP contribution in [0.4, 0.5) is 11.4 Å². The summed E-state index contributed by atoms with van der Waals surface area (Å²) < 4.78 is 29.4. The van der Waals surface area contributed by atoms with Gasteiger partial charge in [-0.3, -0.25) is 4.31 Å². The molecule has 1 heterocycles. The minimum atomic E-state index is -3.71. The summed E-state index contributed by atoms with van der Waals surface area (Å²) in [5.41, 5.74) is 2.65. The number of fused-ring (bicyclic) bond motifs is 1. The van der Waals surface area contributed by atoms with Crippen molar-refractivity contribution in [3.8, 4) is 0 Å². The predicted octanol–water partition coefficient (Wildman–Crippen LogP) is 4.15. The molecule has 3 aromatic rings. The van der Waals surface area contributed by atoms with Gasteiger partial charge >= 0.3 is 0 Å².